The second kappa shape index (κ2) is 5.92. The van der Waals surface area contributed by atoms with Gasteiger partial charge in [-0.2, -0.15) is 0 Å². The average Bonchev–Trinajstić information content (AvgIpc) is 2.36. The Bertz CT molecular complexity index is 262. The number of piperidine rings is 1. The predicted octanol–water partition coefficient (Wildman–Crippen LogP) is 3.23. The zero-order valence-electron chi connectivity index (χ0n) is 13.0. The van der Waals surface area contributed by atoms with Gasteiger partial charge in [0.2, 0.25) is 0 Å². The first-order valence-electron chi connectivity index (χ1n) is 8.00. The van der Waals surface area contributed by atoms with Gasteiger partial charge in [-0.25, -0.2) is 0 Å². The van der Waals surface area contributed by atoms with E-state index < -0.39 is 0 Å². The maximum absolute atomic E-state index is 2.82. The molecular formula is C16H32N2. The van der Waals surface area contributed by atoms with E-state index in [0.717, 1.165) is 30.0 Å². The van der Waals surface area contributed by atoms with Crippen molar-refractivity contribution >= 4 is 0 Å². The molecule has 0 aromatic carbocycles. The van der Waals surface area contributed by atoms with Gasteiger partial charge in [0.05, 0.1) is 0 Å². The van der Waals surface area contributed by atoms with Crippen molar-refractivity contribution in [1.82, 2.24) is 9.80 Å². The molecule has 2 heteroatoms. The maximum Gasteiger partial charge on any atom is 0.0249 e. The molecule has 0 aromatic heterocycles. The molecule has 2 rings (SSSR count). The summed E-state index contributed by atoms with van der Waals surface area (Å²) in [5, 5.41) is 0. The molecule has 2 nitrogen and oxygen atoms in total. The molecule has 2 aliphatic heterocycles. The van der Waals surface area contributed by atoms with Crippen molar-refractivity contribution in [2.75, 3.05) is 19.6 Å². The molecule has 3 unspecified atom stereocenters. The molecule has 0 saturated carbocycles. The number of rotatable bonds is 3. The monoisotopic (exact) mass is 252 g/mol. The minimum absolute atomic E-state index is 0.724. The molecule has 2 saturated heterocycles. The van der Waals surface area contributed by atoms with Crippen LogP contribution in [0.5, 0.6) is 0 Å². The quantitative estimate of drug-likeness (QED) is 0.761. The lowest BCUT2D eigenvalue weighted by Gasteiger charge is -2.52. The number of hydrogen-bond acceptors (Lipinski definition) is 2. The van der Waals surface area contributed by atoms with E-state index in [1.54, 1.807) is 0 Å². The molecule has 0 aliphatic carbocycles. The van der Waals surface area contributed by atoms with Gasteiger partial charge in [0.15, 0.2) is 0 Å². The van der Waals surface area contributed by atoms with E-state index in [2.05, 4.69) is 44.4 Å². The highest BCUT2D eigenvalue weighted by atomic mass is 15.3. The topological polar surface area (TPSA) is 6.48 Å². The van der Waals surface area contributed by atoms with Gasteiger partial charge in [0.25, 0.3) is 0 Å². The van der Waals surface area contributed by atoms with Gasteiger partial charge in [-0.15, -0.1) is 0 Å². The van der Waals surface area contributed by atoms with Gasteiger partial charge < -0.3 is 0 Å². The summed E-state index contributed by atoms with van der Waals surface area (Å²) in [5.74, 6) is 1.54. The molecule has 106 valence electrons. The minimum Gasteiger partial charge on any atom is -0.298 e. The first-order valence-corrected chi connectivity index (χ1v) is 8.00. The third-order valence-electron chi connectivity index (χ3n) is 5.28. The highest BCUT2D eigenvalue weighted by Crippen LogP contribution is 2.29. The first kappa shape index (κ1) is 14.3. The van der Waals surface area contributed by atoms with Crippen molar-refractivity contribution in [1.29, 1.82) is 0 Å². The van der Waals surface area contributed by atoms with Gasteiger partial charge in [-0.3, -0.25) is 9.80 Å². The van der Waals surface area contributed by atoms with Gasteiger partial charge in [-0.1, -0.05) is 34.1 Å². The van der Waals surface area contributed by atoms with Crippen LogP contribution in [0.1, 0.15) is 53.9 Å². The molecule has 2 aliphatic rings. The molecular weight excluding hydrogens is 220 g/mol. The molecule has 18 heavy (non-hydrogen) atoms. The van der Waals surface area contributed by atoms with Crippen LogP contribution in [0.2, 0.25) is 0 Å². The average molecular weight is 252 g/mol. The second-order valence-electron chi connectivity index (χ2n) is 7.14. The van der Waals surface area contributed by atoms with E-state index in [1.807, 2.05) is 0 Å². The Kier molecular flexibility index (Phi) is 4.71. The van der Waals surface area contributed by atoms with Gasteiger partial charge >= 0.3 is 0 Å². The van der Waals surface area contributed by atoms with E-state index in [1.165, 1.54) is 38.9 Å². The summed E-state index contributed by atoms with van der Waals surface area (Å²) in [7, 11) is 0. The van der Waals surface area contributed by atoms with Crippen molar-refractivity contribution < 1.29 is 0 Å². The molecule has 0 aromatic rings. The van der Waals surface area contributed by atoms with Crippen LogP contribution in [0.25, 0.3) is 0 Å². The predicted molar refractivity (Wildman–Crippen MR) is 78.8 cm³/mol. The van der Waals surface area contributed by atoms with Crippen molar-refractivity contribution in [2.45, 2.75) is 72.0 Å². The third kappa shape index (κ3) is 2.91. The fourth-order valence-electron chi connectivity index (χ4n) is 3.68. The summed E-state index contributed by atoms with van der Waals surface area (Å²) in [4.78, 5) is 5.60. The summed E-state index contributed by atoms with van der Waals surface area (Å²) in [6.07, 6.45) is 4.28. The smallest absolute Gasteiger partial charge is 0.0249 e. The first-order chi connectivity index (χ1) is 8.50. The van der Waals surface area contributed by atoms with Crippen LogP contribution >= 0.6 is 0 Å². The van der Waals surface area contributed by atoms with E-state index in [-0.39, 0.29) is 0 Å². The summed E-state index contributed by atoms with van der Waals surface area (Å²) in [6.45, 7) is 15.9. The van der Waals surface area contributed by atoms with Gasteiger partial charge in [0.1, 0.15) is 0 Å². The van der Waals surface area contributed by atoms with Gasteiger partial charge in [0, 0.05) is 31.2 Å². The third-order valence-corrected chi connectivity index (χ3v) is 5.28. The van der Waals surface area contributed by atoms with Crippen LogP contribution in [-0.2, 0) is 0 Å². The van der Waals surface area contributed by atoms with Crippen LogP contribution in [0.4, 0.5) is 0 Å². The van der Waals surface area contributed by atoms with E-state index in [4.69, 9.17) is 0 Å². The number of piperazine rings is 1. The Morgan fingerprint density at radius 2 is 1.67 bits per heavy atom. The van der Waals surface area contributed by atoms with Crippen LogP contribution in [0.3, 0.4) is 0 Å². The molecule has 0 spiro atoms. The highest BCUT2D eigenvalue weighted by molar-refractivity contribution is 4.94. The van der Waals surface area contributed by atoms with Crippen LogP contribution < -0.4 is 0 Å². The largest absolute Gasteiger partial charge is 0.298 e. The lowest BCUT2D eigenvalue weighted by molar-refractivity contribution is -0.0354. The summed E-state index contributed by atoms with van der Waals surface area (Å²) < 4.78 is 0. The SMILES string of the molecule is CC(C)C(C)N1CC2CCCCN2CC1C(C)C. The van der Waals surface area contributed by atoms with E-state index in [9.17, 15) is 0 Å². The highest BCUT2D eigenvalue weighted by Gasteiger charge is 2.38. The lowest BCUT2D eigenvalue weighted by atomic mass is 9.89. The summed E-state index contributed by atoms with van der Waals surface area (Å²) >= 11 is 0. The molecule has 0 radical (unpaired) electrons. The zero-order valence-corrected chi connectivity index (χ0v) is 13.0. The Hall–Kier alpha value is -0.0800. The Morgan fingerprint density at radius 3 is 2.28 bits per heavy atom. The molecule has 2 heterocycles. The second-order valence-corrected chi connectivity index (χ2v) is 7.14. The van der Waals surface area contributed by atoms with Gasteiger partial charge in [-0.05, 0) is 38.1 Å². The standard InChI is InChI=1S/C16H32N2/c1-12(2)14(5)18-10-15-8-6-7-9-17(15)11-16(18)13(3)4/h12-16H,6-11H2,1-5H3. The zero-order chi connectivity index (χ0) is 13.3. The fraction of sp³-hybridized carbons (Fsp3) is 1.00. The molecule has 0 bridgehead atoms. The van der Waals surface area contributed by atoms with Crippen LogP contribution in [0, 0.1) is 11.8 Å². The number of fused-ring (bicyclic) bond motifs is 1. The number of nitrogens with zero attached hydrogens (tertiary/aromatic N) is 2. The molecule has 0 N–H and O–H groups in total. The summed E-state index contributed by atoms with van der Waals surface area (Å²) in [5.41, 5.74) is 0. The minimum atomic E-state index is 0.724. The van der Waals surface area contributed by atoms with Crippen LogP contribution in [-0.4, -0.2) is 47.6 Å². The fourth-order valence-corrected chi connectivity index (χ4v) is 3.68. The van der Waals surface area contributed by atoms with Crippen LogP contribution in [0.15, 0.2) is 0 Å². The lowest BCUT2D eigenvalue weighted by Crippen LogP contribution is -2.63. The maximum atomic E-state index is 2.82. The molecule has 3 atom stereocenters. The number of hydrogen-bond donors (Lipinski definition) is 0. The van der Waals surface area contributed by atoms with E-state index in [0.29, 0.717) is 0 Å². The molecule has 0 amide bonds. The normalized spacial score (nSPS) is 32.8. The summed E-state index contributed by atoms with van der Waals surface area (Å²) in [6, 6.07) is 2.33. The van der Waals surface area contributed by atoms with Crippen molar-refractivity contribution in [2.24, 2.45) is 11.8 Å². The van der Waals surface area contributed by atoms with Crippen molar-refractivity contribution in [3.63, 3.8) is 0 Å². The van der Waals surface area contributed by atoms with Crippen molar-refractivity contribution in [3.8, 4) is 0 Å². The Morgan fingerprint density at radius 1 is 0.944 bits per heavy atom. The Balaban J connectivity index is 2.10. The Labute approximate surface area is 114 Å². The van der Waals surface area contributed by atoms with Crippen molar-refractivity contribution in [3.05, 3.63) is 0 Å². The molecule has 2 fully saturated rings. The van der Waals surface area contributed by atoms with E-state index >= 15 is 0 Å².